The zero-order chi connectivity index (χ0) is 22.1. The van der Waals surface area contributed by atoms with Crippen LogP contribution in [0.2, 0.25) is 0 Å². The van der Waals surface area contributed by atoms with Crippen molar-refractivity contribution in [2.24, 2.45) is 0 Å². The largest absolute Gasteiger partial charge is 0.497 e. The number of carbonyl (C=O) groups excluding carboxylic acids is 1. The number of ether oxygens (including phenoxy) is 2. The van der Waals surface area contributed by atoms with Gasteiger partial charge in [0.2, 0.25) is 0 Å². The van der Waals surface area contributed by atoms with Crippen LogP contribution < -0.4 is 4.74 Å². The number of benzene rings is 2. The molecule has 0 amide bonds. The van der Waals surface area contributed by atoms with E-state index in [4.69, 9.17) is 14.5 Å². The van der Waals surface area contributed by atoms with Crippen molar-refractivity contribution >= 4 is 17.7 Å². The molecule has 0 saturated carbocycles. The number of carbonyl (C=O) groups is 1. The molecule has 158 valence electrons. The predicted octanol–water partition coefficient (Wildman–Crippen LogP) is 5.73. The Morgan fingerprint density at radius 3 is 2.48 bits per heavy atom. The van der Waals surface area contributed by atoms with Crippen LogP contribution in [0.4, 0.5) is 0 Å². The fraction of sp³-hybridized carbons (Fsp3) is 0.240. The molecule has 0 spiro atoms. The zero-order valence-electron chi connectivity index (χ0n) is 17.6. The molecule has 0 atom stereocenters. The Kier molecular flexibility index (Phi) is 8.08. The second-order valence-corrected chi connectivity index (χ2v) is 7.78. The molecule has 31 heavy (non-hydrogen) atoms. The Labute approximate surface area is 187 Å². The number of pyridine rings is 1. The lowest BCUT2D eigenvalue weighted by Gasteiger charge is -2.13. The molecule has 0 aliphatic carbocycles. The lowest BCUT2D eigenvalue weighted by atomic mass is 9.99. The second-order valence-electron chi connectivity index (χ2n) is 6.70. The Bertz CT molecular complexity index is 1060. The lowest BCUT2D eigenvalue weighted by Crippen LogP contribution is -2.04. The Hall–Kier alpha value is -3.30. The van der Waals surface area contributed by atoms with Gasteiger partial charge in [-0.05, 0) is 37.1 Å². The van der Waals surface area contributed by atoms with Crippen LogP contribution in [0.25, 0.3) is 22.4 Å². The summed E-state index contributed by atoms with van der Waals surface area (Å²) in [7, 11) is 1.63. The third-order valence-electron chi connectivity index (χ3n) is 4.64. The number of esters is 1. The highest BCUT2D eigenvalue weighted by Crippen LogP contribution is 2.35. The summed E-state index contributed by atoms with van der Waals surface area (Å²) in [6.45, 7) is 2.18. The molecule has 0 aliphatic heterocycles. The first-order chi connectivity index (χ1) is 15.2. The summed E-state index contributed by atoms with van der Waals surface area (Å²) in [5, 5.41) is 10.6. The van der Waals surface area contributed by atoms with Gasteiger partial charge in [0.05, 0.1) is 25.0 Å². The topological polar surface area (TPSA) is 72.2 Å². The zero-order valence-corrected chi connectivity index (χ0v) is 18.4. The van der Waals surface area contributed by atoms with Gasteiger partial charge in [-0.25, -0.2) is 4.98 Å². The fourth-order valence-corrected chi connectivity index (χ4v) is 4.05. The van der Waals surface area contributed by atoms with Crippen LogP contribution in [-0.2, 0) is 9.53 Å². The Balaban J connectivity index is 1.96. The molecular weight excluding hydrogens is 408 g/mol. The number of rotatable bonds is 9. The third kappa shape index (κ3) is 5.87. The predicted molar refractivity (Wildman–Crippen MR) is 123 cm³/mol. The van der Waals surface area contributed by atoms with Crippen LogP contribution >= 0.6 is 11.8 Å². The third-order valence-corrected chi connectivity index (χ3v) is 5.70. The van der Waals surface area contributed by atoms with Crippen LogP contribution in [0.3, 0.4) is 0 Å². The van der Waals surface area contributed by atoms with E-state index in [1.165, 1.54) is 11.8 Å². The molecule has 0 radical (unpaired) electrons. The summed E-state index contributed by atoms with van der Waals surface area (Å²) in [5.41, 5.74) is 4.07. The number of nitrogens with zero attached hydrogens (tertiary/aromatic N) is 2. The smallest absolute Gasteiger partial charge is 0.305 e. The Morgan fingerprint density at radius 2 is 1.84 bits per heavy atom. The van der Waals surface area contributed by atoms with Gasteiger partial charge in [0, 0.05) is 23.3 Å². The van der Waals surface area contributed by atoms with Crippen molar-refractivity contribution in [1.29, 1.82) is 5.26 Å². The lowest BCUT2D eigenvalue weighted by molar-refractivity contribution is -0.143. The number of hydrogen-bond donors (Lipinski definition) is 0. The van der Waals surface area contributed by atoms with Crippen LogP contribution in [0.15, 0.2) is 65.7 Å². The molecule has 0 unspecified atom stereocenters. The number of hydrogen-bond acceptors (Lipinski definition) is 6. The van der Waals surface area contributed by atoms with E-state index in [0.29, 0.717) is 35.8 Å². The minimum absolute atomic E-state index is 0.200. The van der Waals surface area contributed by atoms with Crippen molar-refractivity contribution < 1.29 is 14.3 Å². The first kappa shape index (κ1) is 22.4. The van der Waals surface area contributed by atoms with Gasteiger partial charge in [-0.2, -0.15) is 5.26 Å². The first-order valence-electron chi connectivity index (χ1n) is 10.1. The van der Waals surface area contributed by atoms with E-state index >= 15 is 0 Å². The molecule has 0 fully saturated rings. The monoisotopic (exact) mass is 432 g/mol. The van der Waals surface area contributed by atoms with Crippen LogP contribution in [0.5, 0.6) is 5.75 Å². The van der Waals surface area contributed by atoms with E-state index in [1.54, 1.807) is 14.0 Å². The molecule has 3 aromatic rings. The summed E-state index contributed by atoms with van der Waals surface area (Å²) in [6.07, 6.45) is 1.01. The van der Waals surface area contributed by atoms with Gasteiger partial charge in [-0.1, -0.05) is 42.5 Å². The molecule has 0 saturated heterocycles. The summed E-state index contributed by atoms with van der Waals surface area (Å²) >= 11 is 1.49. The van der Waals surface area contributed by atoms with Crippen molar-refractivity contribution in [3.63, 3.8) is 0 Å². The molecular formula is C25H24N2O3S. The average Bonchev–Trinajstić information content (AvgIpc) is 2.82. The van der Waals surface area contributed by atoms with E-state index < -0.39 is 0 Å². The quantitative estimate of drug-likeness (QED) is 0.244. The van der Waals surface area contributed by atoms with Crippen LogP contribution in [0, 0.1) is 11.3 Å². The number of methoxy groups -OCH3 is 1. The SMILES string of the molecule is CCOC(=O)CCCSc1nc(-c2ccccc2)cc(-c2ccc(OC)cc2)c1C#N. The molecule has 6 heteroatoms. The van der Waals surface area contributed by atoms with Gasteiger partial charge in [0.1, 0.15) is 16.8 Å². The maximum absolute atomic E-state index is 11.6. The maximum Gasteiger partial charge on any atom is 0.305 e. The number of nitriles is 1. The molecule has 0 bridgehead atoms. The second kappa shape index (κ2) is 11.2. The van der Waals surface area contributed by atoms with Gasteiger partial charge < -0.3 is 9.47 Å². The summed E-state index contributed by atoms with van der Waals surface area (Å²) in [5.74, 6) is 1.22. The molecule has 0 aliphatic rings. The van der Waals surface area contributed by atoms with E-state index in [9.17, 15) is 10.1 Å². The van der Waals surface area contributed by atoms with E-state index in [2.05, 4.69) is 6.07 Å². The average molecular weight is 433 g/mol. The summed E-state index contributed by atoms with van der Waals surface area (Å²) < 4.78 is 10.2. The highest BCUT2D eigenvalue weighted by atomic mass is 32.2. The van der Waals surface area contributed by atoms with Gasteiger partial charge in [0.15, 0.2) is 0 Å². The van der Waals surface area contributed by atoms with Crippen molar-refractivity contribution in [1.82, 2.24) is 4.98 Å². The highest BCUT2D eigenvalue weighted by molar-refractivity contribution is 7.99. The number of aromatic nitrogens is 1. The standard InChI is InChI=1S/C25H24N2O3S/c1-3-30-24(28)10-7-15-31-25-22(17-26)21(18-11-13-20(29-2)14-12-18)16-23(27-25)19-8-5-4-6-9-19/h4-6,8-9,11-14,16H,3,7,10,15H2,1-2H3. The van der Waals surface area contributed by atoms with Gasteiger partial charge >= 0.3 is 5.97 Å². The Morgan fingerprint density at radius 1 is 1.10 bits per heavy atom. The van der Waals surface area contributed by atoms with E-state index in [-0.39, 0.29) is 5.97 Å². The van der Waals surface area contributed by atoms with Crippen molar-refractivity contribution in [3.8, 4) is 34.2 Å². The molecule has 1 heterocycles. The van der Waals surface area contributed by atoms with Gasteiger partial charge in [-0.3, -0.25) is 4.79 Å². The first-order valence-corrected chi connectivity index (χ1v) is 11.1. The fourth-order valence-electron chi connectivity index (χ4n) is 3.11. The van der Waals surface area contributed by atoms with Gasteiger partial charge in [0.25, 0.3) is 0 Å². The molecule has 0 N–H and O–H groups in total. The molecule has 5 nitrogen and oxygen atoms in total. The maximum atomic E-state index is 11.6. The van der Waals surface area contributed by atoms with E-state index in [1.807, 2.05) is 60.7 Å². The van der Waals surface area contributed by atoms with Crippen molar-refractivity contribution in [2.75, 3.05) is 19.5 Å². The molecule has 1 aromatic heterocycles. The number of thioether (sulfide) groups is 1. The summed E-state index contributed by atoms with van der Waals surface area (Å²) in [6, 6.07) is 21.8. The molecule has 2 aromatic carbocycles. The minimum atomic E-state index is -0.200. The normalized spacial score (nSPS) is 10.4. The highest BCUT2D eigenvalue weighted by Gasteiger charge is 2.16. The van der Waals surface area contributed by atoms with Crippen molar-refractivity contribution in [2.45, 2.75) is 24.8 Å². The van der Waals surface area contributed by atoms with Crippen LogP contribution in [-0.4, -0.2) is 30.4 Å². The summed E-state index contributed by atoms with van der Waals surface area (Å²) in [4.78, 5) is 16.4. The van der Waals surface area contributed by atoms with Crippen LogP contribution in [0.1, 0.15) is 25.3 Å². The van der Waals surface area contributed by atoms with E-state index in [0.717, 1.165) is 28.1 Å². The minimum Gasteiger partial charge on any atom is -0.497 e. The van der Waals surface area contributed by atoms with Crippen molar-refractivity contribution in [3.05, 3.63) is 66.2 Å². The van der Waals surface area contributed by atoms with Gasteiger partial charge in [-0.15, -0.1) is 11.8 Å². The molecule has 3 rings (SSSR count).